The van der Waals surface area contributed by atoms with Crippen LogP contribution in [-0.4, -0.2) is 45.1 Å². The lowest BCUT2D eigenvalue weighted by molar-refractivity contribution is -0.130. The Morgan fingerprint density at radius 3 is 2.65 bits per heavy atom. The second-order valence-electron chi connectivity index (χ2n) is 5.53. The van der Waals surface area contributed by atoms with E-state index in [1.54, 1.807) is 11.0 Å². The van der Waals surface area contributed by atoms with Crippen LogP contribution in [0.15, 0.2) is 21.9 Å². The molecule has 23 heavy (non-hydrogen) atoms. The van der Waals surface area contributed by atoms with Gasteiger partial charge in [0, 0.05) is 26.3 Å². The molecule has 3 heterocycles. The fourth-order valence-corrected chi connectivity index (χ4v) is 2.89. The summed E-state index contributed by atoms with van der Waals surface area (Å²) in [6.07, 6.45) is 3.38. The molecule has 0 N–H and O–H groups in total. The van der Waals surface area contributed by atoms with Crippen LogP contribution in [0, 0.1) is 0 Å². The molecular weight excluding hydrogens is 300 g/mol. The summed E-state index contributed by atoms with van der Waals surface area (Å²) in [6.45, 7) is 1.08. The minimum Gasteiger partial charge on any atom is -0.496 e. The van der Waals surface area contributed by atoms with Crippen LogP contribution in [0.4, 0.5) is 0 Å². The van der Waals surface area contributed by atoms with Gasteiger partial charge in [-0.15, -0.1) is 0 Å². The van der Waals surface area contributed by atoms with Gasteiger partial charge in [0.05, 0.1) is 7.11 Å². The molecule has 8 heteroatoms. The van der Waals surface area contributed by atoms with Gasteiger partial charge in [-0.2, -0.15) is 0 Å². The molecule has 0 radical (unpaired) electrons. The molecule has 2 aromatic heterocycles. The van der Waals surface area contributed by atoms with E-state index in [2.05, 4.69) is 4.98 Å². The Bertz CT molecular complexity index is 877. The number of carbonyl (C=O) groups excluding carboxylic acids is 1. The summed E-state index contributed by atoms with van der Waals surface area (Å²) in [7, 11) is 2.96. The third-order valence-electron chi connectivity index (χ3n) is 4.16. The zero-order valence-electron chi connectivity index (χ0n) is 13.1. The fourth-order valence-electron chi connectivity index (χ4n) is 2.89. The first-order valence-electron chi connectivity index (χ1n) is 7.45. The second-order valence-corrected chi connectivity index (χ2v) is 5.53. The highest BCUT2D eigenvalue weighted by Gasteiger charge is 2.22. The van der Waals surface area contributed by atoms with E-state index in [9.17, 15) is 14.4 Å². The first-order chi connectivity index (χ1) is 11.0. The second kappa shape index (κ2) is 5.86. The summed E-state index contributed by atoms with van der Waals surface area (Å²) in [6, 6.07) is 1.56. The van der Waals surface area contributed by atoms with Crippen molar-refractivity contribution in [3.8, 4) is 5.75 Å². The predicted octanol–water partition coefficient (Wildman–Crippen LogP) is -0.274. The molecule has 0 saturated carbocycles. The summed E-state index contributed by atoms with van der Waals surface area (Å²) in [5, 5.41) is 0.200. The number of likely N-dealkylation sites (tertiary alicyclic amines) is 1. The predicted molar refractivity (Wildman–Crippen MR) is 83.6 cm³/mol. The SMILES string of the molecule is COc1ccnc2c1c(=O)n(CC(=O)N1CCCC1)c(=O)n2C. The van der Waals surface area contributed by atoms with Crippen molar-refractivity contribution in [2.75, 3.05) is 20.2 Å². The average Bonchev–Trinajstić information content (AvgIpc) is 3.10. The maximum atomic E-state index is 12.7. The Hall–Kier alpha value is -2.64. The Morgan fingerprint density at radius 2 is 2.00 bits per heavy atom. The molecule has 1 aliphatic rings. The summed E-state index contributed by atoms with van der Waals surface area (Å²) in [4.78, 5) is 43.2. The van der Waals surface area contributed by atoms with E-state index in [4.69, 9.17) is 4.74 Å². The monoisotopic (exact) mass is 318 g/mol. The first kappa shape index (κ1) is 15.3. The number of hydrogen-bond donors (Lipinski definition) is 0. The Kier molecular flexibility index (Phi) is 3.89. The highest BCUT2D eigenvalue weighted by atomic mass is 16.5. The number of nitrogens with zero attached hydrogens (tertiary/aromatic N) is 4. The van der Waals surface area contributed by atoms with Crippen molar-refractivity contribution in [2.24, 2.45) is 7.05 Å². The normalized spacial score (nSPS) is 14.4. The summed E-state index contributed by atoms with van der Waals surface area (Å²) < 4.78 is 7.41. The van der Waals surface area contributed by atoms with Crippen LogP contribution in [0.5, 0.6) is 5.75 Å². The van der Waals surface area contributed by atoms with Gasteiger partial charge in [-0.05, 0) is 18.9 Å². The smallest absolute Gasteiger partial charge is 0.332 e. The summed E-state index contributed by atoms with van der Waals surface area (Å²) in [5.74, 6) is 0.113. The number of carbonyl (C=O) groups is 1. The summed E-state index contributed by atoms with van der Waals surface area (Å²) >= 11 is 0. The molecule has 0 bridgehead atoms. The van der Waals surface area contributed by atoms with Crippen molar-refractivity contribution < 1.29 is 9.53 Å². The van der Waals surface area contributed by atoms with Crippen molar-refractivity contribution >= 4 is 16.9 Å². The van der Waals surface area contributed by atoms with Crippen molar-refractivity contribution in [1.82, 2.24) is 19.0 Å². The molecule has 0 atom stereocenters. The lowest BCUT2D eigenvalue weighted by Gasteiger charge is -2.17. The molecule has 0 aliphatic carbocycles. The Labute approximate surface area is 131 Å². The number of methoxy groups -OCH3 is 1. The molecular formula is C15H18N4O4. The van der Waals surface area contributed by atoms with E-state index < -0.39 is 11.2 Å². The van der Waals surface area contributed by atoms with Crippen LogP contribution in [0.1, 0.15) is 12.8 Å². The van der Waals surface area contributed by atoms with Gasteiger partial charge in [0.2, 0.25) is 5.91 Å². The quantitative estimate of drug-likeness (QED) is 0.777. The van der Waals surface area contributed by atoms with E-state index in [0.29, 0.717) is 18.8 Å². The van der Waals surface area contributed by atoms with E-state index in [0.717, 1.165) is 17.4 Å². The van der Waals surface area contributed by atoms with Gasteiger partial charge < -0.3 is 9.64 Å². The number of rotatable bonds is 3. The van der Waals surface area contributed by atoms with E-state index in [1.165, 1.54) is 24.9 Å². The molecule has 3 rings (SSSR count). The lowest BCUT2D eigenvalue weighted by atomic mass is 10.3. The maximum absolute atomic E-state index is 12.7. The molecule has 1 amide bonds. The largest absolute Gasteiger partial charge is 0.496 e. The zero-order valence-corrected chi connectivity index (χ0v) is 13.1. The molecule has 0 spiro atoms. The van der Waals surface area contributed by atoms with E-state index >= 15 is 0 Å². The molecule has 1 aliphatic heterocycles. The molecule has 1 fully saturated rings. The summed E-state index contributed by atoms with van der Waals surface area (Å²) in [5.41, 5.74) is -0.874. The van der Waals surface area contributed by atoms with Gasteiger partial charge >= 0.3 is 5.69 Å². The van der Waals surface area contributed by atoms with Gasteiger partial charge in [-0.3, -0.25) is 14.2 Å². The van der Waals surface area contributed by atoms with Crippen molar-refractivity contribution in [3.05, 3.63) is 33.1 Å². The molecule has 122 valence electrons. The van der Waals surface area contributed by atoms with Gasteiger partial charge in [-0.25, -0.2) is 14.3 Å². The Balaban J connectivity index is 2.15. The average molecular weight is 318 g/mol. The molecule has 1 saturated heterocycles. The van der Waals surface area contributed by atoms with E-state index in [1.807, 2.05) is 0 Å². The standard InChI is InChI=1S/C15H18N4O4/c1-17-13-12(10(23-2)5-6-16-13)14(21)19(15(17)22)9-11(20)18-7-3-4-8-18/h5-6H,3-4,7-9H2,1-2H3. The van der Waals surface area contributed by atoms with Gasteiger partial charge in [0.25, 0.3) is 5.56 Å². The number of pyridine rings is 1. The van der Waals surface area contributed by atoms with E-state index in [-0.39, 0.29) is 23.5 Å². The number of amides is 1. The van der Waals surface area contributed by atoms with Crippen LogP contribution < -0.4 is 16.0 Å². The molecule has 8 nitrogen and oxygen atoms in total. The first-order valence-corrected chi connectivity index (χ1v) is 7.45. The van der Waals surface area contributed by atoms with Crippen LogP contribution in [0.2, 0.25) is 0 Å². The van der Waals surface area contributed by atoms with Crippen molar-refractivity contribution in [3.63, 3.8) is 0 Å². The van der Waals surface area contributed by atoms with Crippen LogP contribution in [0.3, 0.4) is 0 Å². The van der Waals surface area contributed by atoms with Gasteiger partial charge in [0.15, 0.2) is 5.65 Å². The minimum atomic E-state index is -0.559. The zero-order chi connectivity index (χ0) is 16.6. The molecule has 0 unspecified atom stereocenters. The number of ether oxygens (including phenoxy) is 1. The number of aryl methyl sites for hydroxylation is 1. The topological polar surface area (TPSA) is 86.4 Å². The highest BCUT2D eigenvalue weighted by Crippen LogP contribution is 2.18. The van der Waals surface area contributed by atoms with Crippen molar-refractivity contribution in [1.29, 1.82) is 0 Å². The van der Waals surface area contributed by atoms with Crippen LogP contribution >= 0.6 is 0 Å². The van der Waals surface area contributed by atoms with Gasteiger partial charge in [0.1, 0.15) is 17.7 Å². The van der Waals surface area contributed by atoms with Crippen LogP contribution in [0.25, 0.3) is 11.0 Å². The number of fused-ring (bicyclic) bond motifs is 1. The fraction of sp³-hybridized carbons (Fsp3) is 0.467. The molecule has 0 aromatic carbocycles. The third kappa shape index (κ3) is 2.49. The van der Waals surface area contributed by atoms with Crippen LogP contribution in [-0.2, 0) is 18.4 Å². The minimum absolute atomic E-state index is 0.200. The lowest BCUT2D eigenvalue weighted by Crippen LogP contribution is -2.44. The molecule has 2 aromatic rings. The van der Waals surface area contributed by atoms with Crippen molar-refractivity contribution in [2.45, 2.75) is 19.4 Å². The highest BCUT2D eigenvalue weighted by molar-refractivity contribution is 5.82. The van der Waals surface area contributed by atoms with Gasteiger partial charge in [-0.1, -0.05) is 0 Å². The number of hydrogen-bond acceptors (Lipinski definition) is 5. The Morgan fingerprint density at radius 1 is 1.30 bits per heavy atom. The third-order valence-corrected chi connectivity index (χ3v) is 4.16. The number of aromatic nitrogens is 3. The maximum Gasteiger partial charge on any atom is 0.332 e.